The number of alkyl halides is 3. The van der Waals surface area contributed by atoms with E-state index in [9.17, 15) is 18.0 Å². The number of hydrogen-bond acceptors (Lipinski definition) is 4. The lowest BCUT2D eigenvalue weighted by atomic mass is 10.1. The van der Waals surface area contributed by atoms with Crippen molar-refractivity contribution in [3.8, 4) is 0 Å². The fourth-order valence-corrected chi connectivity index (χ4v) is 3.45. The molecule has 0 bridgehead atoms. The van der Waals surface area contributed by atoms with E-state index in [0.29, 0.717) is 25.2 Å². The Morgan fingerprint density at radius 2 is 1.91 bits per heavy atom. The van der Waals surface area contributed by atoms with E-state index in [2.05, 4.69) is 10.3 Å². The first-order valence-corrected chi connectivity index (χ1v) is 10.5. The number of aromatic nitrogens is 1. The number of carbonyl (C=O) groups excluding carboxylic acids is 1. The first-order chi connectivity index (χ1) is 15.2. The molecule has 3 aromatic rings. The average Bonchev–Trinajstić information content (AvgIpc) is 3.15. The summed E-state index contributed by atoms with van der Waals surface area (Å²) in [5, 5.41) is 4.04. The van der Waals surface area contributed by atoms with E-state index >= 15 is 0 Å². The number of H-pyrrole nitrogens is 1. The molecule has 0 spiro atoms. The van der Waals surface area contributed by atoms with Crippen LogP contribution in [0.1, 0.15) is 37.0 Å². The Balaban J connectivity index is 1.69. The van der Waals surface area contributed by atoms with Gasteiger partial charge in [-0.05, 0) is 37.1 Å². The highest BCUT2D eigenvalue weighted by atomic mass is 19.4. The van der Waals surface area contributed by atoms with Crippen molar-refractivity contribution in [2.24, 2.45) is 0 Å². The van der Waals surface area contributed by atoms with Crippen LogP contribution in [0.25, 0.3) is 10.9 Å². The van der Waals surface area contributed by atoms with Gasteiger partial charge in [0.1, 0.15) is 0 Å². The maximum absolute atomic E-state index is 13.0. The van der Waals surface area contributed by atoms with Crippen molar-refractivity contribution in [2.45, 2.75) is 45.1 Å². The fourth-order valence-electron chi connectivity index (χ4n) is 3.45. The summed E-state index contributed by atoms with van der Waals surface area (Å²) in [6.07, 6.45) is -2.22. The zero-order chi connectivity index (χ0) is 23.2. The number of rotatable bonds is 10. The Morgan fingerprint density at radius 3 is 2.66 bits per heavy atom. The smallest absolute Gasteiger partial charge is 0.416 e. The summed E-state index contributed by atoms with van der Waals surface area (Å²) in [4.78, 5) is 15.9. The largest absolute Gasteiger partial charge is 0.444 e. The van der Waals surface area contributed by atoms with Crippen molar-refractivity contribution >= 4 is 16.9 Å². The van der Waals surface area contributed by atoms with Gasteiger partial charge in [-0.2, -0.15) is 13.2 Å². The minimum Gasteiger partial charge on any atom is -0.444 e. The van der Waals surface area contributed by atoms with Crippen LogP contribution in [0, 0.1) is 0 Å². The Morgan fingerprint density at radius 1 is 1.12 bits per heavy atom. The summed E-state index contributed by atoms with van der Waals surface area (Å²) in [6.45, 7) is 4.51. The summed E-state index contributed by atoms with van der Waals surface area (Å²) < 4.78 is 50.2. The first kappa shape index (κ1) is 23.8. The molecule has 8 heteroatoms. The van der Waals surface area contributed by atoms with Crippen LogP contribution < -0.4 is 5.32 Å². The van der Waals surface area contributed by atoms with E-state index in [0.717, 1.165) is 28.6 Å². The van der Waals surface area contributed by atoms with Crippen LogP contribution in [0.4, 0.5) is 13.2 Å². The van der Waals surface area contributed by atoms with E-state index in [1.54, 1.807) is 19.2 Å². The molecule has 1 atom stereocenters. The maximum Gasteiger partial charge on any atom is 0.416 e. The summed E-state index contributed by atoms with van der Waals surface area (Å²) in [6, 6.07) is 12.7. The standard InChI is InChI=1S/C24H27F3N2O3/c1-3-31-12-11-23(2,29-15-17-7-6-8-19(13-17)24(25,26)27)32-22(30)14-18-16-28-21-10-5-4-9-20(18)21/h4-10,13,16,28-29H,3,11-12,14-15H2,1-2H3. The van der Waals surface area contributed by atoms with Crippen LogP contribution in [0.2, 0.25) is 0 Å². The number of carbonyl (C=O) groups is 1. The molecule has 0 fully saturated rings. The molecule has 3 rings (SSSR count). The number of aromatic amines is 1. The quantitative estimate of drug-likeness (QED) is 0.254. The van der Waals surface area contributed by atoms with E-state index in [4.69, 9.17) is 9.47 Å². The number of halogens is 3. The van der Waals surface area contributed by atoms with Crippen molar-refractivity contribution in [1.82, 2.24) is 10.3 Å². The third-order valence-corrected chi connectivity index (χ3v) is 5.20. The highest BCUT2D eigenvalue weighted by molar-refractivity contribution is 5.87. The third-order valence-electron chi connectivity index (χ3n) is 5.20. The van der Waals surface area contributed by atoms with Crippen LogP contribution in [0.15, 0.2) is 54.7 Å². The van der Waals surface area contributed by atoms with Crippen molar-refractivity contribution in [2.75, 3.05) is 13.2 Å². The second-order valence-corrected chi connectivity index (χ2v) is 7.74. The average molecular weight is 448 g/mol. The van der Waals surface area contributed by atoms with Gasteiger partial charge >= 0.3 is 12.1 Å². The second-order valence-electron chi connectivity index (χ2n) is 7.74. The zero-order valence-corrected chi connectivity index (χ0v) is 18.1. The summed E-state index contributed by atoms with van der Waals surface area (Å²) in [5.74, 6) is -0.440. The minimum absolute atomic E-state index is 0.0689. The molecule has 32 heavy (non-hydrogen) atoms. The van der Waals surface area contributed by atoms with Crippen LogP contribution in [0.3, 0.4) is 0 Å². The molecule has 172 valence electrons. The normalized spacial score (nSPS) is 13.8. The molecule has 0 radical (unpaired) electrons. The SMILES string of the molecule is CCOCCC(C)(NCc1cccc(C(F)(F)F)c1)OC(=O)Cc1c[nH]c2ccccc12. The molecular weight excluding hydrogens is 421 g/mol. The lowest BCUT2D eigenvalue weighted by Gasteiger charge is -2.31. The number of benzene rings is 2. The number of nitrogens with one attached hydrogen (secondary N) is 2. The molecule has 0 saturated heterocycles. The minimum atomic E-state index is -4.42. The molecule has 0 amide bonds. The first-order valence-electron chi connectivity index (χ1n) is 10.5. The molecule has 5 nitrogen and oxygen atoms in total. The van der Waals surface area contributed by atoms with Gasteiger partial charge < -0.3 is 14.5 Å². The van der Waals surface area contributed by atoms with Gasteiger partial charge in [-0.3, -0.25) is 10.1 Å². The van der Waals surface area contributed by atoms with Crippen molar-refractivity contribution in [1.29, 1.82) is 0 Å². The van der Waals surface area contributed by atoms with Crippen molar-refractivity contribution in [3.05, 3.63) is 71.4 Å². The number of fused-ring (bicyclic) bond motifs is 1. The van der Waals surface area contributed by atoms with Gasteiger partial charge in [0.05, 0.1) is 18.6 Å². The van der Waals surface area contributed by atoms with Gasteiger partial charge in [0.2, 0.25) is 0 Å². The summed E-state index contributed by atoms with van der Waals surface area (Å²) in [7, 11) is 0. The van der Waals surface area contributed by atoms with Crippen LogP contribution in [-0.2, 0) is 33.4 Å². The van der Waals surface area contributed by atoms with E-state index in [1.807, 2.05) is 31.2 Å². The monoisotopic (exact) mass is 448 g/mol. The van der Waals surface area contributed by atoms with E-state index in [-0.39, 0.29) is 13.0 Å². The molecule has 1 unspecified atom stereocenters. The predicted octanol–water partition coefficient (Wildman–Crippen LogP) is 5.21. The van der Waals surface area contributed by atoms with Crippen LogP contribution in [0.5, 0.6) is 0 Å². The molecular formula is C24H27F3N2O3. The van der Waals surface area contributed by atoms with E-state index < -0.39 is 23.4 Å². The topological polar surface area (TPSA) is 63.4 Å². The van der Waals surface area contributed by atoms with Crippen LogP contribution in [-0.4, -0.2) is 29.9 Å². The highest BCUT2D eigenvalue weighted by Crippen LogP contribution is 2.29. The molecule has 2 N–H and O–H groups in total. The number of para-hydroxylation sites is 1. The van der Waals surface area contributed by atoms with Crippen LogP contribution >= 0.6 is 0 Å². The van der Waals surface area contributed by atoms with Gasteiger partial charge in [0.15, 0.2) is 5.72 Å². The fraction of sp³-hybridized carbons (Fsp3) is 0.375. The van der Waals surface area contributed by atoms with Gasteiger partial charge in [0, 0.05) is 36.7 Å². The Bertz CT molecular complexity index is 1050. The maximum atomic E-state index is 13.0. The molecule has 1 aromatic heterocycles. The molecule has 0 aliphatic heterocycles. The predicted molar refractivity (Wildman–Crippen MR) is 116 cm³/mol. The molecule has 0 aliphatic rings. The summed E-state index contributed by atoms with van der Waals surface area (Å²) >= 11 is 0. The highest BCUT2D eigenvalue weighted by Gasteiger charge is 2.31. The lowest BCUT2D eigenvalue weighted by molar-refractivity contribution is -0.163. The Labute approximate surface area is 184 Å². The van der Waals surface area contributed by atoms with Crippen molar-refractivity contribution in [3.63, 3.8) is 0 Å². The third kappa shape index (κ3) is 6.34. The van der Waals surface area contributed by atoms with Crippen molar-refractivity contribution < 1.29 is 27.4 Å². The summed E-state index contributed by atoms with van der Waals surface area (Å²) in [5.41, 5.74) is 0.360. The second kappa shape index (κ2) is 10.2. The Kier molecular flexibility index (Phi) is 7.58. The molecule has 0 saturated carbocycles. The number of hydrogen-bond donors (Lipinski definition) is 2. The van der Waals surface area contributed by atoms with Gasteiger partial charge in [-0.25, -0.2) is 0 Å². The number of ether oxygens (including phenoxy) is 2. The van der Waals surface area contributed by atoms with E-state index in [1.165, 1.54) is 6.07 Å². The van der Waals surface area contributed by atoms with Gasteiger partial charge in [0.25, 0.3) is 0 Å². The van der Waals surface area contributed by atoms with Gasteiger partial charge in [-0.1, -0.05) is 36.4 Å². The molecule has 2 aromatic carbocycles. The molecule has 1 heterocycles. The molecule has 0 aliphatic carbocycles. The number of esters is 1. The Hall–Kier alpha value is -2.84. The van der Waals surface area contributed by atoms with Gasteiger partial charge in [-0.15, -0.1) is 0 Å². The lowest BCUT2D eigenvalue weighted by Crippen LogP contribution is -2.47. The zero-order valence-electron chi connectivity index (χ0n) is 18.1.